The van der Waals surface area contributed by atoms with Gasteiger partial charge in [-0.1, -0.05) is 0 Å². The molecule has 0 aliphatic carbocycles. The fourth-order valence-corrected chi connectivity index (χ4v) is 1.70. The molecule has 1 fully saturated rings. The molecule has 0 aromatic carbocycles. The molecule has 1 rings (SSSR count). The van der Waals surface area contributed by atoms with Crippen molar-refractivity contribution in [3.8, 4) is 0 Å². The quantitative estimate of drug-likeness (QED) is 0.598. The predicted octanol–water partition coefficient (Wildman–Crippen LogP) is -0.0180. The molecule has 4 heteroatoms. The van der Waals surface area contributed by atoms with Crippen molar-refractivity contribution in [2.75, 3.05) is 13.1 Å². The van der Waals surface area contributed by atoms with E-state index in [2.05, 4.69) is 10.6 Å². The normalized spacial score (nSPS) is 29.6. The second-order valence-electron chi connectivity index (χ2n) is 4.40. The number of nitrogens with two attached hydrogens (primary N) is 1. The number of carbonyl (C=O) groups excluding carboxylic acids is 1. The molecular weight excluding hydrogens is 178 g/mol. The Bertz CT molecular complexity index is 198. The molecule has 4 nitrogen and oxygen atoms in total. The highest BCUT2D eigenvalue weighted by atomic mass is 16.2. The first-order valence-electron chi connectivity index (χ1n) is 5.33. The number of carbonyl (C=O) groups is 1. The maximum absolute atomic E-state index is 11.8. The number of piperidine rings is 1. The predicted molar refractivity (Wildman–Crippen MR) is 56.9 cm³/mol. The summed E-state index contributed by atoms with van der Waals surface area (Å²) < 4.78 is 0. The molecule has 1 aliphatic heterocycles. The van der Waals surface area contributed by atoms with Crippen LogP contribution in [0.25, 0.3) is 0 Å². The Labute approximate surface area is 85.6 Å². The van der Waals surface area contributed by atoms with Gasteiger partial charge >= 0.3 is 0 Å². The van der Waals surface area contributed by atoms with E-state index in [1.165, 1.54) is 0 Å². The van der Waals surface area contributed by atoms with E-state index in [0.717, 1.165) is 25.8 Å². The van der Waals surface area contributed by atoms with Crippen molar-refractivity contribution >= 4 is 5.91 Å². The summed E-state index contributed by atoms with van der Waals surface area (Å²) in [6.07, 6.45) is 3.20. The van der Waals surface area contributed by atoms with E-state index in [1.54, 1.807) is 0 Å². The first kappa shape index (κ1) is 11.5. The second kappa shape index (κ2) is 4.75. The summed E-state index contributed by atoms with van der Waals surface area (Å²) in [5.74, 6) is 0.0782. The standard InChI is InChI=1S/C10H21N3O/c1-8(11)7-12-9(14)10(2)5-3-4-6-13-10/h8,13H,3-7,11H2,1-2H3,(H,12,14). The van der Waals surface area contributed by atoms with Crippen LogP contribution in [0.5, 0.6) is 0 Å². The summed E-state index contributed by atoms with van der Waals surface area (Å²) in [5.41, 5.74) is 5.20. The Hall–Kier alpha value is -0.610. The average molecular weight is 199 g/mol. The minimum Gasteiger partial charge on any atom is -0.353 e. The molecule has 2 unspecified atom stereocenters. The van der Waals surface area contributed by atoms with Crippen LogP contribution in [-0.4, -0.2) is 30.6 Å². The smallest absolute Gasteiger partial charge is 0.240 e. The van der Waals surface area contributed by atoms with Crippen molar-refractivity contribution in [1.82, 2.24) is 10.6 Å². The molecule has 1 heterocycles. The van der Waals surface area contributed by atoms with Crippen LogP contribution < -0.4 is 16.4 Å². The number of hydrogen-bond donors (Lipinski definition) is 3. The first-order chi connectivity index (χ1) is 6.54. The number of nitrogens with one attached hydrogen (secondary N) is 2. The summed E-state index contributed by atoms with van der Waals surface area (Å²) in [4.78, 5) is 11.8. The molecule has 1 amide bonds. The average Bonchev–Trinajstić information content (AvgIpc) is 2.15. The van der Waals surface area contributed by atoms with Gasteiger partial charge in [-0.15, -0.1) is 0 Å². The molecule has 14 heavy (non-hydrogen) atoms. The van der Waals surface area contributed by atoms with Gasteiger partial charge in [0, 0.05) is 12.6 Å². The maximum Gasteiger partial charge on any atom is 0.240 e. The van der Waals surface area contributed by atoms with Gasteiger partial charge in [-0.2, -0.15) is 0 Å². The first-order valence-corrected chi connectivity index (χ1v) is 5.33. The molecule has 0 aromatic rings. The van der Waals surface area contributed by atoms with Gasteiger partial charge in [-0.25, -0.2) is 0 Å². The summed E-state index contributed by atoms with van der Waals surface area (Å²) >= 11 is 0. The maximum atomic E-state index is 11.8. The Morgan fingerprint density at radius 2 is 2.36 bits per heavy atom. The monoisotopic (exact) mass is 199 g/mol. The largest absolute Gasteiger partial charge is 0.353 e. The van der Waals surface area contributed by atoms with Crippen LogP contribution in [0.3, 0.4) is 0 Å². The molecule has 1 aliphatic rings. The number of amides is 1. The lowest BCUT2D eigenvalue weighted by Gasteiger charge is -2.33. The third-order valence-electron chi connectivity index (χ3n) is 2.70. The van der Waals surface area contributed by atoms with Gasteiger partial charge in [0.1, 0.15) is 0 Å². The minimum absolute atomic E-state index is 0.0196. The summed E-state index contributed by atoms with van der Waals surface area (Å²) in [6.45, 7) is 5.33. The lowest BCUT2D eigenvalue weighted by atomic mass is 9.90. The Morgan fingerprint density at radius 3 is 2.86 bits per heavy atom. The molecule has 82 valence electrons. The molecule has 4 N–H and O–H groups in total. The van der Waals surface area contributed by atoms with Gasteiger partial charge in [0.2, 0.25) is 5.91 Å². The molecule has 1 saturated heterocycles. The lowest BCUT2D eigenvalue weighted by Crippen LogP contribution is -2.57. The topological polar surface area (TPSA) is 67.1 Å². The van der Waals surface area contributed by atoms with Crippen LogP contribution in [0.1, 0.15) is 33.1 Å². The number of hydrogen-bond acceptors (Lipinski definition) is 3. The summed E-state index contributed by atoms with van der Waals surface area (Å²) in [6, 6.07) is 0.0196. The van der Waals surface area contributed by atoms with E-state index in [0.29, 0.717) is 6.54 Å². The van der Waals surface area contributed by atoms with Crippen molar-refractivity contribution in [1.29, 1.82) is 0 Å². The molecule has 0 spiro atoms. The molecule has 0 bridgehead atoms. The van der Waals surface area contributed by atoms with E-state index in [9.17, 15) is 4.79 Å². The second-order valence-corrected chi connectivity index (χ2v) is 4.40. The highest BCUT2D eigenvalue weighted by Gasteiger charge is 2.33. The van der Waals surface area contributed by atoms with Gasteiger partial charge in [0.25, 0.3) is 0 Å². The van der Waals surface area contributed by atoms with E-state index >= 15 is 0 Å². The van der Waals surface area contributed by atoms with E-state index in [1.807, 2.05) is 13.8 Å². The number of rotatable bonds is 3. The third-order valence-corrected chi connectivity index (χ3v) is 2.70. The molecule has 0 saturated carbocycles. The Morgan fingerprint density at radius 1 is 1.64 bits per heavy atom. The van der Waals surface area contributed by atoms with Gasteiger partial charge in [-0.05, 0) is 39.7 Å². The highest BCUT2D eigenvalue weighted by molar-refractivity contribution is 5.85. The molecule has 0 aromatic heterocycles. The van der Waals surface area contributed by atoms with Gasteiger partial charge in [0.05, 0.1) is 5.54 Å². The van der Waals surface area contributed by atoms with Crippen LogP contribution >= 0.6 is 0 Å². The Kier molecular flexibility index (Phi) is 3.89. The molecule has 2 atom stereocenters. The molecule has 0 radical (unpaired) electrons. The van der Waals surface area contributed by atoms with Crippen molar-refractivity contribution in [2.45, 2.75) is 44.7 Å². The van der Waals surface area contributed by atoms with Crippen LogP contribution in [0.2, 0.25) is 0 Å². The Balaban J connectivity index is 2.41. The van der Waals surface area contributed by atoms with Crippen molar-refractivity contribution < 1.29 is 4.79 Å². The fourth-order valence-electron chi connectivity index (χ4n) is 1.70. The summed E-state index contributed by atoms with van der Waals surface area (Å²) in [7, 11) is 0. The van der Waals surface area contributed by atoms with E-state index in [4.69, 9.17) is 5.73 Å². The molecular formula is C10H21N3O. The van der Waals surface area contributed by atoms with Crippen molar-refractivity contribution in [3.05, 3.63) is 0 Å². The minimum atomic E-state index is -0.382. The fraction of sp³-hybridized carbons (Fsp3) is 0.900. The zero-order valence-electron chi connectivity index (χ0n) is 9.10. The summed E-state index contributed by atoms with van der Waals surface area (Å²) in [5, 5.41) is 6.13. The van der Waals surface area contributed by atoms with Crippen LogP contribution in [-0.2, 0) is 4.79 Å². The van der Waals surface area contributed by atoms with Crippen molar-refractivity contribution in [2.24, 2.45) is 5.73 Å². The zero-order valence-corrected chi connectivity index (χ0v) is 9.10. The van der Waals surface area contributed by atoms with Gasteiger partial charge < -0.3 is 16.4 Å². The van der Waals surface area contributed by atoms with Gasteiger partial charge in [-0.3, -0.25) is 4.79 Å². The highest BCUT2D eigenvalue weighted by Crippen LogP contribution is 2.18. The van der Waals surface area contributed by atoms with Crippen LogP contribution in [0, 0.1) is 0 Å². The zero-order chi connectivity index (χ0) is 10.6. The van der Waals surface area contributed by atoms with Gasteiger partial charge in [0.15, 0.2) is 0 Å². The van der Waals surface area contributed by atoms with E-state index in [-0.39, 0.29) is 17.5 Å². The lowest BCUT2D eigenvalue weighted by molar-refractivity contribution is -0.128. The SMILES string of the molecule is CC(N)CNC(=O)C1(C)CCCCN1. The van der Waals surface area contributed by atoms with Crippen molar-refractivity contribution in [3.63, 3.8) is 0 Å². The van der Waals surface area contributed by atoms with E-state index < -0.39 is 0 Å². The van der Waals surface area contributed by atoms with Crippen LogP contribution in [0.15, 0.2) is 0 Å². The van der Waals surface area contributed by atoms with Crippen LogP contribution in [0.4, 0.5) is 0 Å². The third kappa shape index (κ3) is 2.96.